The van der Waals surface area contributed by atoms with Gasteiger partial charge in [0.05, 0.1) is 17.8 Å². The van der Waals surface area contributed by atoms with Crippen molar-refractivity contribution < 1.29 is 32.2 Å². The van der Waals surface area contributed by atoms with Gasteiger partial charge in [0.15, 0.2) is 8.32 Å². The number of nitrogens with zero attached hydrogens (tertiary/aromatic N) is 1. The second kappa shape index (κ2) is 10.6. The zero-order valence-corrected chi connectivity index (χ0v) is 22.6. The Bertz CT molecular complexity index is 1040. The van der Waals surface area contributed by atoms with Gasteiger partial charge >= 0.3 is 12.3 Å². The van der Waals surface area contributed by atoms with Crippen molar-refractivity contribution in [2.75, 3.05) is 13.1 Å². The molecule has 3 rings (SSSR count). The lowest BCUT2D eigenvalue weighted by Gasteiger charge is -2.39. The van der Waals surface area contributed by atoms with Crippen LogP contribution in [0.25, 0.3) is 0 Å². The van der Waals surface area contributed by atoms with Crippen LogP contribution in [0.2, 0.25) is 18.1 Å². The number of aliphatic hydroxyl groups is 1. The molecule has 198 valence electrons. The van der Waals surface area contributed by atoms with Crippen molar-refractivity contribution in [1.82, 2.24) is 4.90 Å². The van der Waals surface area contributed by atoms with Crippen LogP contribution in [0.3, 0.4) is 0 Å². The third-order valence-electron chi connectivity index (χ3n) is 7.35. The van der Waals surface area contributed by atoms with Crippen LogP contribution in [0, 0.1) is 0 Å². The van der Waals surface area contributed by atoms with Gasteiger partial charge in [-0.2, -0.15) is 13.2 Å². The summed E-state index contributed by atoms with van der Waals surface area (Å²) in [4.78, 5) is 13.9. The molecule has 0 saturated carbocycles. The number of hydrogen-bond donors (Lipinski definition) is 1. The topological polar surface area (TPSA) is 59.0 Å². The average molecular weight is 524 g/mol. The van der Waals surface area contributed by atoms with E-state index in [1.54, 1.807) is 0 Å². The number of carbonyl (C=O) groups excluding carboxylic acids is 1. The number of likely N-dealkylation sites (tertiary alicyclic amines) is 1. The first-order valence-corrected chi connectivity index (χ1v) is 15.1. The van der Waals surface area contributed by atoms with Crippen LogP contribution in [0.15, 0.2) is 48.5 Å². The Kier molecular flexibility index (Phi) is 8.27. The van der Waals surface area contributed by atoms with E-state index >= 15 is 0 Å². The van der Waals surface area contributed by atoms with Gasteiger partial charge in [-0.05, 0) is 53.7 Å². The van der Waals surface area contributed by atoms with E-state index in [1.165, 1.54) is 17.0 Å². The van der Waals surface area contributed by atoms with Crippen LogP contribution in [0.4, 0.5) is 18.0 Å². The van der Waals surface area contributed by atoms with Crippen molar-refractivity contribution in [3.05, 3.63) is 70.8 Å². The van der Waals surface area contributed by atoms with Crippen LogP contribution in [0.1, 0.15) is 55.9 Å². The van der Waals surface area contributed by atoms with Gasteiger partial charge < -0.3 is 19.2 Å². The molecule has 5 nitrogen and oxygen atoms in total. The number of carbonyl (C=O) groups is 1. The number of benzene rings is 2. The van der Waals surface area contributed by atoms with Gasteiger partial charge in [-0.15, -0.1) is 0 Å². The van der Waals surface area contributed by atoms with E-state index in [0.29, 0.717) is 5.56 Å². The molecule has 0 atom stereocenters. The molecule has 2 aromatic rings. The van der Waals surface area contributed by atoms with Crippen molar-refractivity contribution in [2.24, 2.45) is 0 Å². The molecule has 0 spiro atoms. The molecule has 1 heterocycles. The first-order chi connectivity index (χ1) is 16.6. The number of halogens is 3. The summed E-state index contributed by atoms with van der Waals surface area (Å²) in [5.41, 5.74) is -1.31. The Morgan fingerprint density at radius 3 is 2.17 bits per heavy atom. The Hall–Kier alpha value is -2.36. The maximum absolute atomic E-state index is 13.9. The van der Waals surface area contributed by atoms with E-state index in [-0.39, 0.29) is 49.7 Å². The van der Waals surface area contributed by atoms with Gasteiger partial charge in [0, 0.05) is 13.1 Å². The second-order valence-corrected chi connectivity index (χ2v) is 15.8. The van der Waals surface area contributed by atoms with Crippen LogP contribution in [0.5, 0.6) is 0 Å². The largest absolute Gasteiger partial charge is 0.445 e. The fraction of sp³-hybridized carbons (Fsp3) is 0.519. The van der Waals surface area contributed by atoms with Gasteiger partial charge in [-0.3, -0.25) is 0 Å². The lowest BCUT2D eigenvalue weighted by molar-refractivity contribution is -0.141. The number of amides is 1. The summed E-state index contributed by atoms with van der Waals surface area (Å²) < 4.78 is 53.2. The molecular weight excluding hydrogens is 487 g/mol. The SMILES string of the molecule is CC(C)(C)[Si](C)(C)OCc1ccc(C(F)(F)F)c(C2(O)CCN(C(=O)OCc3ccccc3)CC2)c1. The highest BCUT2D eigenvalue weighted by atomic mass is 28.4. The fourth-order valence-corrected chi connectivity index (χ4v) is 4.89. The number of piperidine rings is 1. The number of hydrogen-bond acceptors (Lipinski definition) is 4. The van der Waals surface area contributed by atoms with Crippen LogP contribution in [-0.2, 0) is 34.2 Å². The van der Waals surface area contributed by atoms with Gasteiger partial charge in [-0.1, -0.05) is 63.2 Å². The smallest absolute Gasteiger partial charge is 0.416 e. The minimum absolute atomic E-state index is 0.0247. The maximum atomic E-state index is 13.9. The quantitative estimate of drug-likeness (QED) is 0.421. The molecule has 0 unspecified atom stereocenters. The van der Waals surface area contributed by atoms with E-state index < -0.39 is 31.8 Å². The molecule has 9 heteroatoms. The first kappa shape index (κ1) is 28.2. The molecule has 1 amide bonds. The highest BCUT2D eigenvalue weighted by Gasteiger charge is 2.43. The number of rotatable bonds is 6. The molecule has 0 radical (unpaired) electrons. The summed E-state index contributed by atoms with van der Waals surface area (Å²) in [6.45, 7) is 10.9. The Labute approximate surface area is 212 Å². The van der Waals surface area contributed by atoms with Crippen molar-refractivity contribution in [1.29, 1.82) is 0 Å². The van der Waals surface area contributed by atoms with E-state index in [9.17, 15) is 23.1 Å². The molecule has 1 aliphatic rings. The van der Waals surface area contributed by atoms with Crippen molar-refractivity contribution in [2.45, 2.75) is 76.7 Å². The molecule has 1 fully saturated rings. The lowest BCUT2D eigenvalue weighted by Crippen LogP contribution is -2.46. The highest BCUT2D eigenvalue weighted by Crippen LogP contribution is 2.42. The summed E-state index contributed by atoms with van der Waals surface area (Å²) in [5.74, 6) is 0. The zero-order chi connectivity index (χ0) is 26.8. The van der Waals surface area contributed by atoms with E-state index in [4.69, 9.17) is 9.16 Å². The normalized spacial score (nSPS) is 16.6. The average Bonchev–Trinajstić information content (AvgIpc) is 2.81. The predicted molar refractivity (Wildman–Crippen MR) is 135 cm³/mol. The molecule has 1 saturated heterocycles. The minimum atomic E-state index is -4.62. The molecule has 1 aliphatic heterocycles. The molecule has 36 heavy (non-hydrogen) atoms. The van der Waals surface area contributed by atoms with Crippen LogP contribution >= 0.6 is 0 Å². The summed E-state index contributed by atoms with van der Waals surface area (Å²) in [7, 11) is -2.11. The van der Waals surface area contributed by atoms with Gasteiger partial charge in [0.1, 0.15) is 6.61 Å². The van der Waals surface area contributed by atoms with E-state index in [0.717, 1.165) is 11.6 Å². The monoisotopic (exact) mass is 523 g/mol. The Balaban J connectivity index is 1.74. The van der Waals surface area contributed by atoms with Crippen molar-refractivity contribution in [3.8, 4) is 0 Å². The summed E-state index contributed by atoms with van der Waals surface area (Å²) in [5, 5.41) is 11.3. The zero-order valence-electron chi connectivity index (χ0n) is 21.6. The van der Waals surface area contributed by atoms with Crippen LogP contribution in [-0.4, -0.2) is 37.5 Å². The third-order valence-corrected chi connectivity index (χ3v) is 11.8. The fourth-order valence-electron chi connectivity index (χ4n) is 3.93. The minimum Gasteiger partial charge on any atom is -0.445 e. The van der Waals surface area contributed by atoms with Crippen LogP contribution < -0.4 is 0 Å². The molecule has 1 N–H and O–H groups in total. The first-order valence-electron chi connectivity index (χ1n) is 12.1. The highest BCUT2D eigenvalue weighted by molar-refractivity contribution is 6.74. The third kappa shape index (κ3) is 6.69. The summed E-state index contributed by atoms with van der Waals surface area (Å²) in [6.07, 6.45) is -5.21. The molecule has 2 aromatic carbocycles. The Morgan fingerprint density at radius 1 is 1.00 bits per heavy atom. The number of alkyl halides is 3. The molecular formula is C27H36F3NO4Si. The molecule has 0 aliphatic carbocycles. The lowest BCUT2D eigenvalue weighted by atomic mass is 9.81. The van der Waals surface area contributed by atoms with Crippen molar-refractivity contribution >= 4 is 14.4 Å². The van der Waals surface area contributed by atoms with E-state index in [1.807, 2.05) is 30.3 Å². The number of ether oxygens (including phenoxy) is 1. The second-order valence-electron chi connectivity index (χ2n) is 11.0. The maximum Gasteiger partial charge on any atom is 0.416 e. The van der Waals surface area contributed by atoms with Gasteiger partial charge in [-0.25, -0.2) is 4.79 Å². The summed E-state index contributed by atoms with van der Waals surface area (Å²) in [6, 6.07) is 13.1. The Morgan fingerprint density at radius 2 is 1.61 bits per heavy atom. The van der Waals surface area contributed by atoms with Gasteiger partial charge in [0.2, 0.25) is 0 Å². The van der Waals surface area contributed by atoms with E-state index in [2.05, 4.69) is 33.9 Å². The standard InChI is InChI=1S/C27H36F3NO4Si/c1-25(2,3)36(4,5)35-19-21-11-12-22(27(28,29)30)23(17-21)26(33)13-15-31(16-14-26)24(32)34-18-20-9-7-6-8-10-20/h6-12,17,33H,13-16,18-19H2,1-5H3. The predicted octanol–water partition coefficient (Wildman–Crippen LogP) is 6.85. The van der Waals surface area contributed by atoms with Gasteiger partial charge in [0.25, 0.3) is 0 Å². The summed E-state index contributed by atoms with van der Waals surface area (Å²) >= 11 is 0. The molecule has 0 aromatic heterocycles. The molecule has 0 bridgehead atoms. The van der Waals surface area contributed by atoms with Crippen molar-refractivity contribution in [3.63, 3.8) is 0 Å².